The number of benzene rings is 2. The lowest BCUT2D eigenvalue weighted by molar-refractivity contribution is 0.302. The predicted molar refractivity (Wildman–Crippen MR) is 85.6 cm³/mol. The second-order valence-electron chi connectivity index (χ2n) is 4.99. The molecule has 1 aliphatic heterocycles. The van der Waals surface area contributed by atoms with E-state index in [1.807, 2.05) is 31.3 Å². The second kappa shape index (κ2) is 5.95. The predicted octanol–water partition coefficient (Wildman–Crippen LogP) is 4.68. The maximum absolute atomic E-state index is 14.5. The third kappa shape index (κ3) is 2.56. The van der Waals surface area contributed by atoms with Gasteiger partial charge in [0, 0.05) is 27.6 Å². The summed E-state index contributed by atoms with van der Waals surface area (Å²) in [5.41, 5.74) is 1.64. The van der Waals surface area contributed by atoms with E-state index in [0.717, 1.165) is 11.3 Å². The van der Waals surface area contributed by atoms with Gasteiger partial charge in [0.2, 0.25) is 0 Å². The van der Waals surface area contributed by atoms with Crippen LogP contribution in [0.2, 0.25) is 5.02 Å². The van der Waals surface area contributed by atoms with Crippen molar-refractivity contribution in [2.75, 3.05) is 13.7 Å². The van der Waals surface area contributed by atoms with E-state index < -0.39 is 5.82 Å². The first-order chi connectivity index (χ1) is 10.1. The molecule has 2 nitrogen and oxygen atoms in total. The summed E-state index contributed by atoms with van der Waals surface area (Å²) >= 11 is 9.25. The topological polar surface area (TPSA) is 21.3 Å². The van der Waals surface area contributed by atoms with Gasteiger partial charge in [-0.1, -0.05) is 35.9 Å². The molecule has 0 aromatic heterocycles. The largest absolute Gasteiger partial charge is 0.493 e. The van der Waals surface area contributed by atoms with Crippen molar-refractivity contribution in [3.05, 3.63) is 62.8 Å². The molecule has 3 rings (SSSR count). The fraction of sp³-hybridized carbons (Fsp3) is 0.250. The molecule has 2 aromatic rings. The molecule has 1 heterocycles. The van der Waals surface area contributed by atoms with Gasteiger partial charge < -0.3 is 10.1 Å². The van der Waals surface area contributed by atoms with E-state index in [4.69, 9.17) is 16.3 Å². The van der Waals surface area contributed by atoms with Crippen molar-refractivity contribution in [2.45, 2.75) is 12.0 Å². The molecule has 5 heteroatoms. The van der Waals surface area contributed by atoms with Crippen molar-refractivity contribution >= 4 is 27.5 Å². The zero-order chi connectivity index (χ0) is 15.0. The number of fused-ring (bicyclic) bond motifs is 1. The minimum absolute atomic E-state index is 0.0537. The van der Waals surface area contributed by atoms with Gasteiger partial charge in [-0.05, 0) is 35.1 Å². The minimum atomic E-state index is -0.394. The highest BCUT2D eigenvalue weighted by molar-refractivity contribution is 9.10. The zero-order valence-corrected chi connectivity index (χ0v) is 13.7. The Morgan fingerprint density at radius 3 is 2.86 bits per heavy atom. The summed E-state index contributed by atoms with van der Waals surface area (Å²) in [6, 6.07) is 11.2. The number of halogens is 3. The molecule has 1 aliphatic rings. The van der Waals surface area contributed by atoms with Gasteiger partial charge in [-0.3, -0.25) is 0 Å². The van der Waals surface area contributed by atoms with E-state index in [-0.39, 0.29) is 17.0 Å². The molecule has 1 N–H and O–H groups in total. The highest BCUT2D eigenvalue weighted by atomic mass is 79.9. The van der Waals surface area contributed by atoms with E-state index >= 15 is 0 Å². The summed E-state index contributed by atoms with van der Waals surface area (Å²) in [7, 11) is 1.82. The van der Waals surface area contributed by atoms with Crippen LogP contribution in [-0.4, -0.2) is 13.7 Å². The van der Waals surface area contributed by atoms with E-state index in [1.165, 1.54) is 0 Å². The minimum Gasteiger partial charge on any atom is -0.493 e. The number of nitrogens with one attached hydrogen (secondary N) is 1. The van der Waals surface area contributed by atoms with Crippen LogP contribution in [0, 0.1) is 5.82 Å². The highest BCUT2D eigenvalue weighted by Crippen LogP contribution is 2.42. The van der Waals surface area contributed by atoms with Crippen molar-refractivity contribution in [1.29, 1.82) is 0 Å². The Hall–Kier alpha value is -1.10. The number of likely N-dealkylation sites (N-methyl/N-ethyl adjacent to an activating group) is 1. The van der Waals surface area contributed by atoms with Crippen LogP contribution in [0.3, 0.4) is 0 Å². The van der Waals surface area contributed by atoms with E-state index in [9.17, 15) is 4.39 Å². The molecule has 2 unspecified atom stereocenters. The first-order valence-corrected chi connectivity index (χ1v) is 7.83. The summed E-state index contributed by atoms with van der Waals surface area (Å²) in [5, 5.41) is 3.31. The fourth-order valence-electron chi connectivity index (χ4n) is 2.82. The van der Waals surface area contributed by atoms with Gasteiger partial charge in [-0.25, -0.2) is 4.39 Å². The monoisotopic (exact) mass is 369 g/mol. The summed E-state index contributed by atoms with van der Waals surface area (Å²) in [6.45, 7) is 0.526. The highest BCUT2D eigenvalue weighted by Gasteiger charge is 2.33. The summed E-state index contributed by atoms with van der Waals surface area (Å²) < 4.78 is 20.7. The molecule has 0 radical (unpaired) electrons. The van der Waals surface area contributed by atoms with Gasteiger partial charge in [0.15, 0.2) is 0 Å². The molecule has 0 saturated heterocycles. The van der Waals surface area contributed by atoms with E-state index in [0.29, 0.717) is 16.6 Å². The lowest BCUT2D eigenvalue weighted by atomic mass is 9.88. The Balaban J connectivity index is 2.03. The molecule has 0 bridgehead atoms. The zero-order valence-electron chi connectivity index (χ0n) is 11.4. The van der Waals surface area contributed by atoms with Gasteiger partial charge in [-0.2, -0.15) is 0 Å². The molecule has 21 heavy (non-hydrogen) atoms. The van der Waals surface area contributed by atoms with Crippen LogP contribution in [0.1, 0.15) is 23.1 Å². The Morgan fingerprint density at radius 2 is 2.10 bits per heavy atom. The van der Waals surface area contributed by atoms with Crippen LogP contribution in [0.15, 0.2) is 40.9 Å². The van der Waals surface area contributed by atoms with Gasteiger partial charge in [0.05, 0.1) is 11.6 Å². The molecule has 0 spiro atoms. The molecular weight excluding hydrogens is 357 g/mol. The molecule has 0 aliphatic carbocycles. The molecule has 110 valence electrons. The van der Waals surface area contributed by atoms with Crippen molar-refractivity contribution in [2.24, 2.45) is 0 Å². The van der Waals surface area contributed by atoms with Crippen LogP contribution in [0.25, 0.3) is 0 Å². The number of para-hydroxylation sites is 1. The average Bonchev–Trinajstić information content (AvgIpc) is 2.92. The third-order valence-electron chi connectivity index (χ3n) is 3.85. The van der Waals surface area contributed by atoms with Crippen LogP contribution in [-0.2, 0) is 0 Å². The van der Waals surface area contributed by atoms with Crippen molar-refractivity contribution < 1.29 is 9.13 Å². The lowest BCUT2D eigenvalue weighted by Crippen LogP contribution is -2.26. The van der Waals surface area contributed by atoms with Gasteiger partial charge in [0.25, 0.3) is 0 Å². The Morgan fingerprint density at radius 1 is 1.33 bits per heavy atom. The molecule has 0 fully saturated rings. The molecule has 2 atom stereocenters. The number of ether oxygens (including phenoxy) is 1. The summed E-state index contributed by atoms with van der Waals surface area (Å²) in [6.07, 6.45) is 0. The number of hydrogen-bond donors (Lipinski definition) is 1. The molecule has 0 saturated carbocycles. The Bertz CT molecular complexity index is 679. The van der Waals surface area contributed by atoms with Crippen LogP contribution in [0.5, 0.6) is 5.75 Å². The lowest BCUT2D eigenvalue weighted by Gasteiger charge is -2.24. The molecule has 0 amide bonds. The van der Waals surface area contributed by atoms with Gasteiger partial charge >= 0.3 is 0 Å². The Kier molecular flexibility index (Phi) is 4.20. The first-order valence-electron chi connectivity index (χ1n) is 6.66. The number of rotatable bonds is 3. The summed E-state index contributed by atoms with van der Waals surface area (Å²) in [5.74, 6) is 0.527. The van der Waals surface area contributed by atoms with Crippen molar-refractivity contribution in [1.82, 2.24) is 5.32 Å². The van der Waals surface area contributed by atoms with E-state index in [2.05, 4.69) is 21.2 Å². The first kappa shape index (κ1) is 14.8. The summed E-state index contributed by atoms with van der Waals surface area (Å²) in [4.78, 5) is 0. The molecule has 2 aromatic carbocycles. The standard InChI is InChI=1S/C16H14BrClFNO/c1-20-16(10-6-7-12(17)14(18)15(10)19)11-8-21-13-5-3-2-4-9(11)13/h2-7,11,16,20H,8H2,1H3. The van der Waals surface area contributed by atoms with Crippen LogP contribution >= 0.6 is 27.5 Å². The van der Waals surface area contributed by atoms with Crippen molar-refractivity contribution in [3.8, 4) is 5.75 Å². The quantitative estimate of drug-likeness (QED) is 0.792. The average molecular weight is 371 g/mol. The number of hydrogen-bond acceptors (Lipinski definition) is 2. The van der Waals surface area contributed by atoms with Crippen LogP contribution < -0.4 is 10.1 Å². The SMILES string of the molecule is CNC(c1ccc(Br)c(Cl)c1F)C1COc2ccccc21. The third-order valence-corrected chi connectivity index (χ3v) is 5.11. The van der Waals surface area contributed by atoms with Crippen LogP contribution in [0.4, 0.5) is 4.39 Å². The normalized spacial score (nSPS) is 18.2. The maximum atomic E-state index is 14.5. The van der Waals surface area contributed by atoms with Gasteiger partial charge in [-0.15, -0.1) is 0 Å². The van der Waals surface area contributed by atoms with Crippen molar-refractivity contribution in [3.63, 3.8) is 0 Å². The molecular formula is C16H14BrClFNO. The second-order valence-corrected chi connectivity index (χ2v) is 6.22. The van der Waals surface area contributed by atoms with Gasteiger partial charge in [0.1, 0.15) is 11.6 Å². The maximum Gasteiger partial charge on any atom is 0.147 e. The smallest absolute Gasteiger partial charge is 0.147 e. The Labute approximate surface area is 136 Å². The van der Waals surface area contributed by atoms with E-state index in [1.54, 1.807) is 12.1 Å². The fourth-order valence-corrected chi connectivity index (χ4v) is 3.30.